The van der Waals surface area contributed by atoms with Gasteiger partial charge in [-0.15, -0.1) is 0 Å². The van der Waals surface area contributed by atoms with E-state index in [9.17, 15) is 4.57 Å². The van der Waals surface area contributed by atoms with Crippen molar-refractivity contribution < 1.29 is 22.8 Å². The molecule has 4 aromatic rings. The molecule has 0 bridgehead atoms. The van der Waals surface area contributed by atoms with Gasteiger partial charge in [-0.2, -0.15) is 0 Å². The summed E-state index contributed by atoms with van der Waals surface area (Å²) in [4.78, 5) is 4.66. The Labute approximate surface area is 199 Å². The van der Waals surface area contributed by atoms with Crippen LogP contribution in [0.25, 0.3) is 0 Å². The fourth-order valence-electron chi connectivity index (χ4n) is 3.73. The normalized spacial score (nSPS) is 11.5. The Hall–Kier alpha value is -3.38. The molecule has 0 aliphatic carbocycles. The molecule has 1 heterocycles. The maximum absolute atomic E-state index is 13.4. The summed E-state index contributed by atoms with van der Waals surface area (Å²) in [6.45, 7) is 0.396. The smallest absolute Gasteiger partial charge is 0.384 e. The molecule has 3 aromatic carbocycles. The van der Waals surface area contributed by atoms with E-state index in [0.717, 1.165) is 22.4 Å². The summed E-state index contributed by atoms with van der Waals surface area (Å²) in [5.41, 5.74) is 3.04. The maximum atomic E-state index is 13.4. The standard InChI is InChI=1S/C26H27N2O5P/c1-30-22-16-10-11-19(17-22)18-27-25-26(34(29,31-2)32-3)28-24(33-25)23(20-12-6-4-7-13-20)21-14-8-5-9-15-21/h4-17,23,27H,18H2,1-3H3. The molecule has 8 heteroatoms. The number of hydrogen-bond acceptors (Lipinski definition) is 7. The maximum Gasteiger partial charge on any atom is 0.384 e. The molecule has 0 radical (unpaired) electrons. The summed E-state index contributed by atoms with van der Waals surface area (Å²) in [7, 11) is 0.577. The van der Waals surface area contributed by atoms with Crippen molar-refractivity contribution in [3.8, 4) is 5.75 Å². The van der Waals surface area contributed by atoms with Gasteiger partial charge in [-0.1, -0.05) is 72.8 Å². The van der Waals surface area contributed by atoms with Crippen molar-refractivity contribution in [1.82, 2.24) is 4.98 Å². The van der Waals surface area contributed by atoms with Gasteiger partial charge in [-0.3, -0.25) is 4.57 Å². The van der Waals surface area contributed by atoms with Crippen molar-refractivity contribution in [2.45, 2.75) is 12.5 Å². The molecular weight excluding hydrogens is 451 g/mol. The van der Waals surface area contributed by atoms with Crippen molar-refractivity contribution in [1.29, 1.82) is 0 Å². The van der Waals surface area contributed by atoms with Crippen molar-refractivity contribution >= 4 is 18.9 Å². The van der Waals surface area contributed by atoms with Crippen LogP contribution in [-0.2, 0) is 20.2 Å². The summed E-state index contributed by atoms with van der Waals surface area (Å²) in [5.74, 6) is 1.05. The zero-order valence-electron chi connectivity index (χ0n) is 19.3. The van der Waals surface area contributed by atoms with Gasteiger partial charge < -0.3 is 23.5 Å². The number of nitrogens with one attached hydrogen (secondary N) is 1. The topological polar surface area (TPSA) is 82.8 Å². The average molecular weight is 478 g/mol. The second-order valence-electron chi connectivity index (χ2n) is 7.53. The number of methoxy groups -OCH3 is 1. The van der Waals surface area contributed by atoms with Crippen molar-refractivity contribution in [2.24, 2.45) is 0 Å². The molecule has 0 spiro atoms. The largest absolute Gasteiger partial charge is 0.497 e. The van der Waals surface area contributed by atoms with Gasteiger partial charge in [0.15, 0.2) is 0 Å². The highest BCUT2D eigenvalue weighted by molar-refractivity contribution is 7.62. The van der Waals surface area contributed by atoms with Crippen LogP contribution in [-0.4, -0.2) is 26.3 Å². The quantitative estimate of drug-likeness (QED) is 0.298. The Morgan fingerprint density at radius 2 is 1.50 bits per heavy atom. The number of rotatable bonds is 10. The van der Waals surface area contributed by atoms with Crippen LogP contribution in [0.2, 0.25) is 0 Å². The van der Waals surface area contributed by atoms with Crippen LogP contribution in [0, 0.1) is 0 Å². The van der Waals surface area contributed by atoms with Crippen LogP contribution < -0.4 is 15.5 Å². The van der Waals surface area contributed by atoms with Crippen LogP contribution in [0.15, 0.2) is 89.3 Å². The van der Waals surface area contributed by atoms with E-state index in [0.29, 0.717) is 12.4 Å². The lowest BCUT2D eigenvalue weighted by Gasteiger charge is -2.14. The van der Waals surface area contributed by atoms with Crippen LogP contribution in [0.5, 0.6) is 5.75 Å². The fourth-order valence-corrected chi connectivity index (χ4v) is 4.82. The van der Waals surface area contributed by atoms with Crippen molar-refractivity contribution in [3.05, 3.63) is 108 Å². The molecule has 1 aromatic heterocycles. The first kappa shape index (κ1) is 23.8. The van der Waals surface area contributed by atoms with E-state index in [-0.39, 0.29) is 17.2 Å². The molecule has 7 nitrogen and oxygen atoms in total. The highest BCUT2D eigenvalue weighted by Crippen LogP contribution is 2.48. The van der Waals surface area contributed by atoms with Gasteiger partial charge in [0.05, 0.1) is 13.0 Å². The van der Waals surface area contributed by atoms with E-state index in [4.69, 9.17) is 18.2 Å². The van der Waals surface area contributed by atoms with Crippen molar-refractivity contribution in [3.63, 3.8) is 0 Å². The minimum absolute atomic E-state index is 0.104. The predicted molar refractivity (Wildman–Crippen MR) is 132 cm³/mol. The van der Waals surface area contributed by atoms with Gasteiger partial charge in [0.25, 0.3) is 0 Å². The minimum atomic E-state index is -3.70. The number of benzene rings is 3. The van der Waals surface area contributed by atoms with E-state index in [1.807, 2.05) is 84.9 Å². The predicted octanol–water partition coefficient (Wildman–Crippen LogP) is 5.59. The van der Waals surface area contributed by atoms with Crippen LogP contribution >= 0.6 is 7.60 Å². The third-order valence-corrected chi connectivity index (χ3v) is 7.25. The average Bonchev–Trinajstić information content (AvgIpc) is 3.33. The zero-order chi connectivity index (χ0) is 24.0. The SMILES string of the molecule is COc1cccc(CNc2oc(C(c3ccccc3)c3ccccc3)nc2P(=O)(OC)OC)c1. The molecule has 0 saturated heterocycles. The number of nitrogens with zero attached hydrogens (tertiary/aromatic N) is 1. The monoisotopic (exact) mass is 478 g/mol. The summed E-state index contributed by atoms with van der Waals surface area (Å²) >= 11 is 0. The molecule has 1 N–H and O–H groups in total. The summed E-state index contributed by atoms with van der Waals surface area (Å²) in [5, 5.41) is 3.22. The number of hydrogen-bond donors (Lipinski definition) is 1. The molecule has 176 valence electrons. The first-order valence-corrected chi connectivity index (χ1v) is 12.3. The Bertz CT molecular complexity index is 1210. The lowest BCUT2D eigenvalue weighted by Crippen LogP contribution is -2.15. The summed E-state index contributed by atoms with van der Waals surface area (Å²) in [6, 6.07) is 27.5. The second-order valence-corrected chi connectivity index (χ2v) is 9.68. The number of ether oxygens (including phenoxy) is 1. The molecule has 0 aliphatic heterocycles. The molecule has 0 atom stereocenters. The fraction of sp³-hybridized carbons (Fsp3) is 0.192. The van der Waals surface area contributed by atoms with Gasteiger partial charge in [0.2, 0.25) is 17.2 Å². The van der Waals surface area contributed by atoms with Gasteiger partial charge in [0, 0.05) is 20.8 Å². The lowest BCUT2D eigenvalue weighted by atomic mass is 9.91. The van der Waals surface area contributed by atoms with Gasteiger partial charge in [-0.05, 0) is 28.8 Å². The van der Waals surface area contributed by atoms with Gasteiger partial charge >= 0.3 is 7.60 Å². The number of aromatic nitrogens is 1. The highest BCUT2D eigenvalue weighted by Gasteiger charge is 2.36. The number of anilines is 1. The first-order chi connectivity index (χ1) is 16.6. The molecule has 0 aliphatic rings. The van der Waals surface area contributed by atoms with E-state index >= 15 is 0 Å². The van der Waals surface area contributed by atoms with E-state index in [1.165, 1.54) is 14.2 Å². The van der Waals surface area contributed by atoms with Crippen molar-refractivity contribution in [2.75, 3.05) is 26.6 Å². The van der Waals surface area contributed by atoms with Gasteiger partial charge in [0.1, 0.15) is 5.75 Å². The summed E-state index contributed by atoms with van der Waals surface area (Å²) in [6.07, 6.45) is 0. The Kier molecular flexibility index (Phi) is 7.48. The third kappa shape index (κ3) is 5.07. The number of oxazole rings is 1. The molecule has 0 amide bonds. The molecular formula is C26H27N2O5P. The van der Waals surface area contributed by atoms with Crippen LogP contribution in [0.4, 0.5) is 5.88 Å². The molecule has 4 rings (SSSR count). The lowest BCUT2D eigenvalue weighted by molar-refractivity contribution is 0.286. The second kappa shape index (κ2) is 10.7. The zero-order valence-corrected chi connectivity index (χ0v) is 20.2. The summed E-state index contributed by atoms with van der Waals surface area (Å²) < 4.78 is 35.4. The molecule has 0 fully saturated rings. The Morgan fingerprint density at radius 1 is 0.882 bits per heavy atom. The Balaban J connectivity index is 1.78. The minimum Gasteiger partial charge on any atom is -0.497 e. The first-order valence-electron chi connectivity index (χ1n) is 10.8. The third-order valence-electron chi connectivity index (χ3n) is 5.47. The van der Waals surface area contributed by atoms with Crippen LogP contribution in [0.1, 0.15) is 28.5 Å². The van der Waals surface area contributed by atoms with E-state index in [1.54, 1.807) is 7.11 Å². The Morgan fingerprint density at radius 3 is 2.06 bits per heavy atom. The molecule has 0 saturated carbocycles. The van der Waals surface area contributed by atoms with E-state index in [2.05, 4.69) is 10.3 Å². The molecule has 0 unspecified atom stereocenters. The van der Waals surface area contributed by atoms with Gasteiger partial charge in [-0.25, -0.2) is 4.98 Å². The highest BCUT2D eigenvalue weighted by atomic mass is 31.2. The van der Waals surface area contributed by atoms with E-state index < -0.39 is 7.60 Å². The molecule has 34 heavy (non-hydrogen) atoms. The van der Waals surface area contributed by atoms with Crippen LogP contribution in [0.3, 0.4) is 0 Å².